The Kier molecular flexibility index (Phi) is 6.59. The van der Waals surface area contributed by atoms with E-state index in [9.17, 15) is 9.59 Å². The van der Waals surface area contributed by atoms with Crippen molar-refractivity contribution in [1.29, 1.82) is 0 Å². The van der Waals surface area contributed by atoms with Crippen LogP contribution in [0.2, 0.25) is 10.0 Å². The number of ketones is 1. The molecular weight excluding hydrogens is 455 g/mol. The van der Waals surface area contributed by atoms with E-state index in [1.807, 2.05) is 73.5 Å². The molecule has 0 radical (unpaired) electrons. The Balaban J connectivity index is 1.59. The van der Waals surface area contributed by atoms with Crippen molar-refractivity contribution in [2.24, 2.45) is 0 Å². The number of rotatable bonds is 6. The lowest BCUT2D eigenvalue weighted by Crippen LogP contribution is -2.49. The van der Waals surface area contributed by atoms with E-state index in [1.54, 1.807) is 24.3 Å². The minimum absolute atomic E-state index is 0.119. The first-order valence-electron chi connectivity index (χ1n) is 10.7. The maximum Gasteiger partial charge on any atom is 0.250 e. The van der Waals surface area contributed by atoms with Gasteiger partial charge < -0.3 is 10.2 Å². The van der Waals surface area contributed by atoms with Gasteiger partial charge in [-0.05, 0) is 55.8 Å². The number of hydrogen-bond donors (Lipinski definition) is 1. The molecule has 1 N–H and O–H groups in total. The minimum atomic E-state index is -0.817. The third-order valence-electron chi connectivity index (χ3n) is 6.04. The number of hydrogen-bond acceptors (Lipinski definition) is 3. The largest absolute Gasteiger partial charge is 0.359 e. The van der Waals surface area contributed by atoms with Crippen LogP contribution in [0.3, 0.4) is 0 Å². The summed E-state index contributed by atoms with van der Waals surface area (Å²) >= 11 is 12.2. The molecule has 1 aliphatic heterocycles. The van der Waals surface area contributed by atoms with Crippen molar-refractivity contribution in [1.82, 2.24) is 4.90 Å². The van der Waals surface area contributed by atoms with Crippen LogP contribution in [0.25, 0.3) is 0 Å². The molecule has 1 atom stereocenters. The second kappa shape index (κ2) is 9.42. The zero-order valence-corrected chi connectivity index (χ0v) is 20.0. The number of halogens is 2. The fraction of sp³-hybridized carbons (Fsp3) is 0.185. The summed E-state index contributed by atoms with van der Waals surface area (Å²) in [6, 6.07) is 20.0. The summed E-state index contributed by atoms with van der Waals surface area (Å²) in [7, 11) is 0. The van der Waals surface area contributed by atoms with E-state index in [-0.39, 0.29) is 11.7 Å². The Morgan fingerprint density at radius 3 is 2.48 bits per heavy atom. The minimum Gasteiger partial charge on any atom is -0.359 e. The number of anilines is 1. The van der Waals surface area contributed by atoms with E-state index in [0.717, 1.165) is 11.1 Å². The molecule has 4 rings (SSSR count). The Morgan fingerprint density at radius 2 is 1.76 bits per heavy atom. The second-order valence-electron chi connectivity index (χ2n) is 8.39. The fourth-order valence-electron chi connectivity index (χ4n) is 4.04. The van der Waals surface area contributed by atoms with E-state index in [0.29, 0.717) is 39.8 Å². The molecule has 6 heteroatoms. The van der Waals surface area contributed by atoms with Crippen LogP contribution in [0.5, 0.6) is 0 Å². The van der Waals surface area contributed by atoms with Gasteiger partial charge in [-0.2, -0.15) is 0 Å². The number of carbonyl (C=O) groups excluding carboxylic acids is 2. The highest BCUT2D eigenvalue weighted by Gasteiger charge is 2.40. The second-order valence-corrected chi connectivity index (χ2v) is 9.20. The summed E-state index contributed by atoms with van der Waals surface area (Å²) < 4.78 is 0. The van der Waals surface area contributed by atoms with Crippen LogP contribution in [0, 0.1) is 6.92 Å². The van der Waals surface area contributed by atoms with Gasteiger partial charge in [0.25, 0.3) is 0 Å². The lowest BCUT2D eigenvalue weighted by atomic mass is 9.94. The van der Waals surface area contributed by atoms with Gasteiger partial charge in [0.05, 0.1) is 15.7 Å². The predicted octanol–water partition coefficient (Wildman–Crippen LogP) is 6.65. The van der Waals surface area contributed by atoms with Gasteiger partial charge in [-0.25, -0.2) is 0 Å². The summed E-state index contributed by atoms with van der Waals surface area (Å²) in [5.74, 6) is -0.299. The first kappa shape index (κ1) is 23.1. The number of nitrogens with one attached hydrogen (secondary N) is 1. The van der Waals surface area contributed by atoms with E-state index in [2.05, 4.69) is 5.32 Å². The number of amides is 1. The monoisotopic (exact) mass is 478 g/mol. The average Bonchev–Trinajstić information content (AvgIpc) is 3.18. The van der Waals surface area contributed by atoms with Gasteiger partial charge >= 0.3 is 0 Å². The molecule has 1 aliphatic rings. The van der Waals surface area contributed by atoms with Crippen LogP contribution < -0.4 is 5.32 Å². The van der Waals surface area contributed by atoms with Gasteiger partial charge in [-0.1, -0.05) is 77.8 Å². The SMILES string of the molecule is Cc1cccc(NC(=O)[C@@]2(C)CC=CN2Cc2ccc(Cl)c(Cl)c2)c1C(=O)c1ccccc1. The van der Waals surface area contributed by atoms with Crippen LogP contribution in [0.4, 0.5) is 5.69 Å². The van der Waals surface area contributed by atoms with Crippen molar-refractivity contribution < 1.29 is 9.59 Å². The number of carbonyl (C=O) groups is 2. The van der Waals surface area contributed by atoms with Gasteiger partial charge in [-0.3, -0.25) is 9.59 Å². The van der Waals surface area contributed by atoms with Crippen molar-refractivity contribution in [2.75, 3.05) is 5.32 Å². The zero-order valence-electron chi connectivity index (χ0n) is 18.4. The molecular formula is C27H24Cl2N2O2. The van der Waals surface area contributed by atoms with Crippen LogP contribution >= 0.6 is 23.2 Å². The lowest BCUT2D eigenvalue weighted by molar-refractivity contribution is -0.125. The summed E-state index contributed by atoms with van der Waals surface area (Å²) in [4.78, 5) is 28.8. The maximum atomic E-state index is 13.5. The molecule has 0 saturated heterocycles. The number of aryl methyl sites for hydroxylation is 1. The maximum absolute atomic E-state index is 13.5. The lowest BCUT2D eigenvalue weighted by Gasteiger charge is -2.35. The topological polar surface area (TPSA) is 49.4 Å². The van der Waals surface area contributed by atoms with Crippen molar-refractivity contribution >= 4 is 40.6 Å². The zero-order chi connectivity index (χ0) is 23.6. The van der Waals surface area contributed by atoms with Gasteiger partial charge in [-0.15, -0.1) is 0 Å². The number of benzene rings is 3. The highest BCUT2D eigenvalue weighted by Crippen LogP contribution is 2.33. The molecule has 3 aromatic rings. The van der Waals surface area contributed by atoms with Gasteiger partial charge in [0.15, 0.2) is 5.78 Å². The standard InChI is InChI=1S/C27H24Cl2N2O2/c1-18-8-6-11-23(24(18)25(32)20-9-4-3-5-10-20)30-26(33)27(2)14-7-15-31(27)17-19-12-13-21(28)22(29)16-19/h3-13,15-16H,14,17H2,1-2H3,(H,30,33)/t27-/m1/s1. The van der Waals surface area contributed by atoms with Crippen molar-refractivity contribution in [2.45, 2.75) is 32.4 Å². The molecule has 0 unspecified atom stereocenters. The van der Waals surface area contributed by atoms with Crippen LogP contribution in [-0.2, 0) is 11.3 Å². The van der Waals surface area contributed by atoms with E-state index < -0.39 is 5.54 Å². The Morgan fingerprint density at radius 1 is 1.00 bits per heavy atom. The van der Waals surface area contributed by atoms with Crippen molar-refractivity contribution in [3.63, 3.8) is 0 Å². The summed E-state index contributed by atoms with van der Waals surface area (Å²) in [6.45, 7) is 4.27. The van der Waals surface area contributed by atoms with E-state index >= 15 is 0 Å². The van der Waals surface area contributed by atoms with Gasteiger partial charge in [0.1, 0.15) is 5.54 Å². The fourth-order valence-corrected chi connectivity index (χ4v) is 4.36. The highest BCUT2D eigenvalue weighted by atomic mass is 35.5. The molecule has 168 valence electrons. The van der Waals surface area contributed by atoms with E-state index in [4.69, 9.17) is 23.2 Å². The molecule has 0 fully saturated rings. The first-order valence-corrected chi connectivity index (χ1v) is 11.4. The average molecular weight is 479 g/mol. The summed E-state index contributed by atoms with van der Waals surface area (Å²) in [5, 5.41) is 4.00. The number of nitrogens with zero attached hydrogens (tertiary/aromatic N) is 1. The molecule has 3 aromatic carbocycles. The quantitative estimate of drug-likeness (QED) is 0.403. The normalized spacial score (nSPS) is 17.3. The first-order chi connectivity index (χ1) is 15.8. The molecule has 33 heavy (non-hydrogen) atoms. The van der Waals surface area contributed by atoms with Gasteiger partial charge in [0.2, 0.25) is 5.91 Å². The van der Waals surface area contributed by atoms with Crippen molar-refractivity contribution in [3.05, 3.63) is 111 Å². The van der Waals surface area contributed by atoms with Crippen LogP contribution in [0.15, 0.2) is 79.0 Å². The third kappa shape index (κ3) is 4.68. The molecule has 0 saturated carbocycles. The molecule has 4 nitrogen and oxygen atoms in total. The smallest absolute Gasteiger partial charge is 0.250 e. The molecule has 1 amide bonds. The van der Waals surface area contributed by atoms with E-state index in [1.165, 1.54) is 0 Å². The summed E-state index contributed by atoms with van der Waals surface area (Å²) in [5.41, 5.74) is 2.54. The molecule has 0 aliphatic carbocycles. The Labute approximate surface area is 203 Å². The molecule has 0 aromatic heterocycles. The summed E-state index contributed by atoms with van der Waals surface area (Å²) in [6.07, 6.45) is 4.45. The Bertz CT molecular complexity index is 1240. The van der Waals surface area contributed by atoms with Crippen LogP contribution in [0.1, 0.15) is 40.4 Å². The third-order valence-corrected chi connectivity index (χ3v) is 6.78. The Hall–Kier alpha value is -3.08. The predicted molar refractivity (Wildman–Crippen MR) is 134 cm³/mol. The molecule has 0 spiro atoms. The van der Waals surface area contributed by atoms with Gasteiger partial charge in [0, 0.05) is 17.7 Å². The molecule has 0 bridgehead atoms. The van der Waals surface area contributed by atoms with Crippen LogP contribution in [-0.4, -0.2) is 22.1 Å². The highest BCUT2D eigenvalue weighted by molar-refractivity contribution is 6.42. The van der Waals surface area contributed by atoms with Crippen molar-refractivity contribution in [3.8, 4) is 0 Å². The molecule has 1 heterocycles.